The van der Waals surface area contributed by atoms with Gasteiger partial charge in [-0.1, -0.05) is 25.7 Å². The Morgan fingerprint density at radius 1 is 1.05 bits per heavy atom. The third-order valence-electron chi connectivity index (χ3n) is 4.78. The molecule has 1 aromatic carbocycles. The Kier molecular flexibility index (Phi) is 5.48. The Morgan fingerprint density at radius 2 is 1.57 bits per heavy atom. The van der Waals surface area contributed by atoms with E-state index in [9.17, 15) is 5.11 Å². The molecule has 1 saturated carbocycles. The zero-order valence-electron chi connectivity index (χ0n) is 13.1. The molecule has 1 aliphatic carbocycles. The first-order valence-corrected chi connectivity index (χ1v) is 7.76. The lowest BCUT2D eigenvalue weighted by atomic mass is 9.73. The number of aliphatic hydroxyl groups excluding tert-OH is 1. The van der Waals surface area contributed by atoms with E-state index < -0.39 is 6.10 Å². The number of ether oxygens (including phenoxy) is 2. The van der Waals surface area contributed by atoms with Gasteiger partial charge in [-0.2, -0.15) is 0 Å². The van der Waals surface area contributed by atoms with Crippen LogP contribution in [0.1, 0.15) is 50.2 Å². The van der Waals surface area contributed by atoms with Gasteiger partial charge in [-0.25, -0.2) is 0 Å². The van der Waals surface area contributed by atoms with Crippen molar-refractivity contribution in [1.82, 2.24) is 0 Å². The summed E-state index contributed by atoms with van der Waals surface area (Å²) >= 11 is 0. The van der Waals surface area contributed by atoms with Crippen molar-refractivity contribution < 1.29 is 14.6 Å². The highest BCUT2D eigenvalue weighted by Crippen LogP contribution is 2.45. The van der Waals surface area contributed by atoms with Gasteiger partial charge >= 0.3 is 0 Å². The van der Waals surface area contributed by atoms with Gasteiger partial charge in [-0.15, -0.1) is 0 Å². The molecule has 1 atom stereocenters. The van der Waals surface area contributed by atoms with E-state index in [4.69, 9.17) is 15.2 Å². The summed E-state index contributed by atoms with van der Waals surface area (Å²) < 4.78 is 10.6. The fourth-order valence-electron chi connectivity index (χ4n) is 3.36. The van der Waals surface area contributed by atoms with Crippen LogP contribution in [0.25, 0.3) is 0 Å². The van der Waals surface area contributed by atoms with E-state index in [1.54, 1.807) is 14.2 Å². The highest BCUT2D eigenvalue weighted by Gasteiger charge is 2.38. The predicted octanol–water partition coefficient (Wildman–Crippen LogP) is 3.04. The number of aliphatic hydroxyl groups is 1. The van der Waals surface area contributed by atoms with Crippen LogP contribution in [0.3, 0.4) is 0 Å². The van der Waals surface area contributed by atoms with E-state index in [2.05, 4.69) is 0 Å². The van der Waals surface area contributed by atoms with Crippen LogP contribution in [0.15, 0.2) is 18.2 Å². The molecule has 0 aliphatic heterocycles. The van der Waals surface area contributed by atoms with Crippen molar-refractivity contribution >= 4 is 0 Å². The Labute approximate surface area is 127 Å². The minimum Gasteiger partial charge on any atom is -0.497 e. The zero-order chi connectivity index (χ0) is 15.3. The molecule has 1 aliphatic rings. The third kappa shape index (κ3) is 3.50. The van der Waals surface area contributed by atoms with E-state index in [1.807, 2.05) is 18.2 Å². The molecule has 4 heteroatoms. The van der Waals surface area contributed by atoms with Gasteiger partial charge in [0.05, 0.1) is 20.3 Å². The minimum absolute atomic E-state index is 0.228. The molecule has 3 N–H and O–H groups in total. The normalized spacial score (nSPS) is 19.6. The average molecular weight is 293 g/mol. The summed E-state index contributed by atoms with van der Waals surface area (Å²) in [5.41, 5.74) is 6.67. The quantitative estimate of drug-likeness (QED) is 0.819. The second-order valence-electron chi connectivity index (χ2n) is 6.03. The first-order chi connectivity index (χ1) is 10.1. The summed E-state index contributed by atoms with van der Waals surface area (Å²) in [6.07, 6.45) is 6.11. The first kappa shape index (κ1) is 16.1. The summed E-state index contributed by atoms with van der Waals surface area (Å²) in [4.78, 5) is 0. The standard InChI is InChI=1S/C17H27NO3/c1-20-14-9-13(10-15(11-14)21-2)16(19)17(12-18)7-5-3-4-6-8-17/h9-11,16,19H,3-8,12,18H2,1-2H3. The second kappa shape index (κ2) is 7.14. The molecule has 1 fully saturated rings. The monoisotopic (exact) mass is 293 g/mol. The van der Waals surface area contributed by atoms with Gasteiger partial charge in [-0.3, -0.25) is 0 Å². The summed E-state index contributed by atoms with van der Waals surface area (Å²) in [6, 6.07) is 5.59. The van der Waals surface area contributed by atoms with Crippen molar-refractivity contribution in [1.29, 1.82) is 0 Å². The molecule has 0 spiro atoms. The number of hydrogen-bond donors (Lipinski definition) is 2. The van der Waals surface area contributed by atoms with Crippen molar-refractivity contribution in [3.05, 3.63) is 23.8 Å². The highest BCUT2D eigenvalue weighted by atomic mass is 16.5. The molecule has 0 amide bonds. The maximum Gasteiger partial charge on any atom is 0.122 e. The summed E-state index contributed by atoms with van der Waals surface area (Å²) in [5.74, 6) is 1.40. The lowest BCUT2D eigenvalue weighted by Crippen LogP contribution is -2.36. The van der Waals surface area contributed by atoms with Gasteiger partial charge in [0, 0.05) is 18.0 Å². The van der Waals surface area contributed by atoms with E-state index in [0.29, 0.717) is 18.0 Å². The van der Waals surface area contributed by atoms with Crippen molar-refractivity contribution in [2.24, 2.45) is 11.1 Å². The highest BCUT2D eigenvalue weighted by molar-refractivity contribution is 5.40. The summed E-state index contributed by atoms with van der Waals surface area (Å²) in [6.45, 7) is 0.508. The van der Waals surface area contributed by atoms with Crippen LogP contribution in [0.2, 0.25) is 0 Å². The van der Waals surface area contributed by atoms with Crippen molar-refractivity contribution in [2.75, 3.05) is 20.8 Å². The molecule has 0 heterocycles. The molecule has 1 unspecified atom stereocenters. The Balaban J connectivity index is 2.33. The summed E-state index contributed by atoms with van der Waals surface area (Å²) in [5, 5.41) is 11.0. The lowest BCUT2D eigenvalue weighted by molar-refractivity contribution is 0.0164. The van der Waals surface area contributed by atoms with Gasteiger partial charge in [0.25, 0.3) is 0 Å². The van der Waals surface area contributed by atoms with E-state index in [1.165, 1.54) is 12.8 Å². The van der Waals surface area contributed by atoms with Crippen molar-refractivity contribution in [3.63, 3.8) is 0 Å². The van der Waals surface area contributed by atoms with Crippen LogP contribution in [0.4, 0.5) is 0 Å². The topological polar surface area (TPSA) is 64.7 Å². The molecule has 0 bridgehead atoms. The largest absolute Gasteiger partial charge is 0.497 e. The molecule has 2 rings (SSSR count). The summed E-state index contributed by atoms with van der Waals surface area (Å²) in [7, 11) is 3.24. The third-order valence-corrected chi connectivity index (χ3v) is 4.78. The molecule has 118 valence electrons. The molecule has 0 aromatic heterocycles. The van der Waals surface area contributed by atoms with E-state index >= 15 is 0 Å². The minimum atomic E-state index is -0.579. The van der Waals surface area contributed by atoms with Crippen molar-refractivity contribution in [2.45, 2.75) is 44.6 Å². The van der Waals surface area contributed by atoms with Crippen LogP contribution in [0, 0.1) is 5.41 Å². The van der Waals surface area contributed by atoms with E-state index in [0.717, 1.165) is 31.2 Å². The van der Waals surface area contributed by atoms with Gasteiger partial charge in [0.1, 0.15) is 11.5 Å². The van der Waals surface area contributed by atoms with Gasteiger partial charge in [-0.05, 0) is 30.5 Å². The van der Waals surface area contributed by atoms with Crippen LogP contribution in [-0.2, 0) is 0 Å². The van der Waals surface area contributed by atoms with Gasteiger partial charge in [0.2, 0.25) is 0 Å². The number of hydrogen-bond acceptors (Lipinski definition) is 4. The Bertz CT molecular complexity index is 431. The molecule has 0 saturated heterocycles. The molecular weight excluding hydrogens is 266 g/mol. The van der Waals surface area contributed by atoms with Crippen LogP contribution >= 0.6 is 0 Å². The number of nitrogens with two attached hydrogens (primary N) is 1. The number of benzene rings is 1. The lowest BCUT2D eigenvalue weighted by Gasteiger charge is -2.37. The molecule has 0 radical (unpaired) electrons. The number of methoxy groups -OCH3 is 2. The van der Waals surface area contributed by atoms with Gasteiger partial charge in [0.15, 0.2) is 0 Å². The average Bonchev–Trinajstić information content (AvgIpc) is 2.80. The van der Waals surface area contributed by atoms with Crippen molar-refractivity contribution in [3.8, 4) is 11.5 Å². The second-order valence-corrected chi connectivity index (χ2v) is 6.03. The maximum absolute atomic E-state index is 11.0. The maximum atomic E-state index is 11.0. The smallest absolute Gasteiger partial charge is 0.122 e. The number of rotatable bonds is 5. The van der Waals surface area contributed by atoms with Crippen LogP contribution < -0.4 is 15.2 Å². The Morgan fingerprint density at radius 3 is 2.00 bits per heavy atom. The Hall–Kier alpha value is -1.26. The van der Waals surface area contributed by atoms with Gasteiger partial charge < -0.3 is 20.3 Å². The zero-order valence-corrected chi connectivity index (χ0v) is 13.1. The fourth-order valence-corrected chi connectivity index (χ4v) is 3.36. The molecule has 1 aromatic rings. The molecule has 4 nitrogen and oxygen atoms in total. The van der Waals surface area contributed by atoms with E-state index in [-0.39, 0.29) is 5.41 Å². The molecular formula is C17H27NO3. The fraction of sp³-hybridized carbons (Fsp3) is 0.647. The van der Waals surface area contributed by atoms with Crippen LogP contribution in [0.5, 0.6) is 11.5 Å². The molecule has 21 heavy (non-hydrogen) atoms. The predicted molar refractivity (Wildman–Crippen MR) is 83.7 cm³/mol. The SMILES string of the molecule is COc1cc(OC)cc(C(O)C2(CN)CCCCCC2)c1. The first-order valence-electron chi connectivity index (χ1n) is 7.76. The van der Waals surface area contributed by atoms with Crippen LogP contribution in [-0.4, -0.2) is 25.9 Å².